The van der Waals surface area contributed by atoms with Crippen molar-refractivity contribution < 1.29 is 19.0 Å². The summed E-state index contributed by atoms with van der Waals surface area (Å²) in [6.07, 6.45) is 2.03. The van der Waals surface area contributed by atoms with Gasteiger partial charge in [0.2, 0.25) is 5.88 Å². The largest absolute Gasteiger partial charge is 0.478 e. The Morgan fingerprint density at radius 1 is 1.37 bits per heavy atom. The SMILES string of the molecule is CCc1cc(Oc2ccc(F)cc2C(=O)O)ncn1. The summed E-state index contributed by atoms with van der Waals surface area (Å²) in [5.74, 6) is -1.64. The summed E-state index contributed by atoms with van der Waals surface area (Å²) >= 11 is 0. The number of carbonyl (C=O) groups is 1. The number of carboxylic acids is 1. The molecule has 0 aliphatic carbocycles. The van der Waals surface area contributed by atoms with Gasteiger partial charge in [-0.15, -0.1) is 0 Å². The smallest absolute Gasteiger partial charge is 0.339 e. The predicted molar refractivity (Wildman–Crippen MR) is 64.8 cm³/mol. The lowest BCUT2D eigenvalue weighted by atomic mass is 10.2. The number of rotatable bonds is 4. The van der Waals surface area contributed by atoms with E-state index in [1.807, 2.05) is 6.92 Å². The van der Waals surface area contributed by atoms with E-state index in [1.165, 1.54) is 12.4 Å². The third kappa shape index (κ3) is 3.04. The van der Waals surface area contributed by atoms with Crippen molar-refractivity contribution >= 4 is 5.97 Å². The summed E-state index contributed by atoms with van der Waals surface area (Å²) in [5, 5.41) is 8.99. The van der Waals surface area contributed by atoms with E-state index in [1.54, 1.807) is 6.07 Å². The Morgan fingerprint density at radius 2 is 2.16 bits per heavy atom. The maximum atomic E-state index is 13.0. The molecule has 2 rings (SSSR count). The van der Waals surface area contributed by atoms with Crippen LogP contribution >= 0.6 is 0 Å². The molecule has 0 aliphatic heterocycles. The van der Waals surface area contributed by atoms with Crippen molar-refractivity contribution in [2.75, 3.05) is 0 Å². The van der Waals surface area contributed by atoms with Crippen LogP contribution in [0, 0.1) is 5.82 Å². The van der Waals surface area contributed by atoms with Gasteiger partial charge in [0.05, 0.1) is 0 Å². The molecule has 0 radical (unpaired) electrons. The van der Waals surface area contributed by atoms with Crippen LogP contribution in [0.2, 0.25) is 0 Å². The summed E-state index contributed by atoms with van der Waals surface area (Å²) in [4.78, 5) is 18.9. The molecule has 98 valence electrons. The van der Waals surface area contributed by atoms with Gasteiger partial charge in [-0.3, -0.25) is 0 Å². The van der Waals surface area contributed by atoms with Crippen LogP contribution in [0.25, 0.3) is 0 Å². The average Bonchev–Trinajstić information content (AvgIpc) is 2.41. The summed E-state index contributed by atoms with van der Waals surface area (Å²) < 4.78 is 18.4. The van der Waals surface area contributed by atoms with Crippen LogP contribution in [-0.4, -0.2) is 21.0 Å². The molecule has 2 aromatic rings. The van der Waals surface area contributed by atoms with E-state index >= 15 is 0 Å². The Morgan fingerprint density at radius 3 is 2.84 bits per heavy atom. The number of aromatic carboxylic acids is 1. The second-order valence-electron chi connectivity index (χ2n) is 3.75. The van der Waals surface area contributed by atoms with Gasteiger partial charge in [0.15, 0.2) is 0 Å². The van der Waals surface area contributed by atoms with Gasteiger partial charge >= 0.3 is 5.97 Å². The van der Waals surface area contributed by atoms with Crippen LogP contribution in [-0.2, 0) is 6.42 Å². The van der Waals surface area contributed by atoms with Crippen LogP contribution in [0.3, 0.4) is 0 Å². The molecule has 0 amide bonds. The molecule has 0 saturated carbocycles. The van der Waals surface area contributed by atoms with E-state index in [0.717, 1.165) is 17.8 Å². The molecule has 1 aromatic carbocycles. The first-order valence-electron chi connectivity index (χ1n) is 5.61. The molecule has 0 fully saturated rings. The minimum Gasteiger partial charge on any atom is -0.478 e. The number of ether oxygens (including phenoxy) is 1. The van der Waals surface area contributed by atoms with E-state index in [9.17, 15) is 9.18 Å². The van der Waals surface area contributed by atoms with Crippen LogP contribution in [0.1, 0.15) is 23.0 Å². The molecule has 1 N–H and O–H groups in total. The first kappa shape index (κ1) is 12.9. The number of nitrogens with zero attached hydrogens (tertiary/aromatic N) is 2. The van der Waals surface area contributed by atoms with Crippen molar-refractivity contribution in [3.8, 4) is 11.6 Å². The minimum atomic E-state index is -1.26. The number of carboxylic acid groups (broad SMARTS) is 1. The van der Waals surface area contributed by atoms with Crippen molar-refractivity contribution in [3.63, 3.8) is 0 Å². The lowest BCUT2D eigenvalue weighted by Gasteiger charge is -2.08. The molecule has 0 unspecified atom stereocenters. The highest BCUT2D eigenvalue weighted by molar-refractivity contribution is 5.90. The van der Waals surface area contributed by atoms with Gasteiger partial charge < -0.3 is 9.84 Å². The molecular weight excluding hydrogens is 251 g/mol. The van der Waals surface area contributed by atoms with Crippen molar-refractivity contribution in [1.29, 1.82) is 0 Å². The Kier molecular flexibility index (Phi) is 3.70. The van der Waals surface area contributed by atoms with Crippen molar-refractivity contribution in [1.82, 2.24) is 9.97 Å². The Bertz CT molecular complexity index is 617. The number of hydrogen-bond acceptors (Lipinski definition) is 4. The van der Waals surface area contributed by atoms with Crippen LogP contribution in [0.4, 0.5) is 4.39 Å². The first-order chi connectivity index (χ1) is 9.10. The highest BCUT2D eigenvalue weighted by Gasteiger charge is 2.14. The zero-order valence-electron chi connectivity index (χ0n) is 10.1. The molecule has 1 aromatic heterocycles. The standard InChI is InChI=1S/C13H11FN2O3/c1-2-9-6-12(16-7-15-9)19-11-4-3-8(14)5-10(11)13(17)18/h3-7H,2H2,1H3,(H,17,18). The van der Waals surface area contributed by atoms with Gasteiger partial charge in [0.25, 0.3) is 0 Å². The summed E-state index contributed by atoms with van der Waals surface area (Å²) in [5.41, 5.74) is 0.514. The van der Waals surface area contributed by atoms with E-state index in [2.05, 4.69) is 9.97 Å². The lowest BCUT2D eigenvalue weighted by Crippen LogP contribution is -2.02. The zero-order chi connectivity index (χ0) is 13.8. The van der Waals surface area contributed by atoms with Crippen LogP contribution in [0.5, 0.6) is 11.6 Å². The predicted octanol–water partition coefficient (Wildman–Crippen LogP) is 2.67. The summed E-state index contributed by atoms with van der Waals surface area (Å²) in [7, 11) is 0. The number of hydrogen-bond donors (Lipinski definition) is 1. The number of benzene rings is 1. The molecule has 5 nitrogen and oxygen atoms in total. The Labute approximate surface area is 108 Å². The van der Waals surface area contributed by atoms with Gasteiger partial charge in [-0.1, -0.05) is 6.92 Å². The van der Waals surface area contributed by atoms with Crippen molar-refractivity contribution in [3.05, 3.63) is 47.7 Å². The molecule has 1 heterocycles. The molecule has 0 atom stereocenters. The van der Waals surface area contributed by atoms with E-state index in [4.69, 9.17) is 9.84 Å². The molecule has 0 aliphatic rings. The Balaban J connectivity index is 2.34. The van der Waals surface area contributed by atoms with E-state index in [0.29, 0.717) is 6.42 Å². The van der Waals surface area contributed by atoms with E-state index in [-0.39, 0.29) is 17.2 Å². The number of halogens is 1. The van der Waals surface area contributed by atoms with E-state index < -0.39 is 11.8 Å². The van der Waals surface area contributed by atoms with Gasteiger partial charge in [-0.2, -0.15) is 0 Å². The highest BCUT2D eigenvalue weighted by Crippen LogP contribution is 2.25. The number of aryl methyl sites for hydroxylation is 1. The second kappa shape index (κ2) is 5.43. The van der Waals surface area contributed by atoms with Gasteiger partial charge in [-0.05, 0) is 24.6 Å². The quantitative estimate of drug-likeness (QED) is 0.917. The maximum absolute atomic E-state index is 13.0. The van der Waals surface area contributed by atoms with Crippen LogP contribution in [0.15, 0.2) is 30.6 Å². The maximum Gasteiger partial charge on any atom is 0.339 e. The normalized spacial score (nSPS) is 10.2. The highest BCUT2D eigenvalue weighted by atomic mass is 19.1. The lowest BCUT2D eigenvalue weighted by molar-refractivity contribution is 0.0693. The van der Waals surface area contributed by atoms with Crippen molar-refractivity contribution in [2.24, 2.45) is 0 Å². The second-order valence-corrected chi connectivity index (χ2v) is 3.75. The fourth-order valence-electron chi connectivity index (χ4n) is 1.50. The third-order valence-electron chi connectivity index (χ3n) is 2.45. The minimum absolute atomic E-state index is 0.0367. The monoisotopic (exact) mass is 262 g/mol. The van der Waals surface area contributed by atoms with Crippen molar-refractivity contribution in [2.45, 2.75) is 13.3 Å². The van der Waals surface area contributed by atoms with Crippen LogP contribution < -0.4 is 4.74 Å². The van der Waals surface area contributed by atoms with Gasteiger partial charge in [-0.25, -0.2) is 19.2 Å². The fourth-order valence-corrected chi connectivity index (χ4v) is 1.50. The molecule has 19 heavy (non-hydrogen) atoms. The zero-order valence-corrected chi connectivity index (χ0v) is 10.1. The summed E-state index contributed by atoms with van der Waals surface area (Å²) in [6.45, 7) is 1.92. The summed E-state index contributed by atoms with van der Waals surface area (Å²) in [6, 6.07) is 4.89. The topological polar surface area (TPSA) is 72.3 Å². The Hall–Kier alpha value is -2.50. The molecule has 0 spiro atoms. The molecule has 0 saturated heterocycles. The first-order valence-corrected chi connectivity index (χ1v) is 5.61. The van der Waals surface area contributed by atoms with Gasteiger partial charge in [0.1, 0.15) is 23.5 Å². The number of aromatic nitrogens is 2. The fraction of sp³-hybridized carbons (Fsp3) is 0.154. The molecule has 6 heteroatoms. The third-order valence-corrected chi connectivity index (χ3v) is 2.45. The molecular formula is C13H11FN2O3. The average molecular weight is 262 g/mol. The van der Waals surface area contributed by atoms with Gasteiger partial charge in [0, 0.05) is 11.8 Å². The molecule has 0 bridgehead atoms.